The standard InChI is InChI=1S/C5H11N.CH4/c1-2-4-6-5-3-1;/h6H,1-5H2;1H4. The molecular formula is C6H15N. The van der Waals surface area contributed by atoms with Gasteiger partial charge in [-0.2, -0.15) is 0 Å². The molecule has 1 heterocycles. The average Bonchev–Trinajstić information content (AvgIpc) is 1.72. The predicted octanol–water partition coefficient (Wildman–Crippen LogP) is 1.40. The van der Waals surface area contributed by atoms with Crippen LogP contribution in [0.25, 0.3) is 0 Å². The van der Waals surface area contributed by atoms with Crippen molar-refractivity contribution >= 4 is 0 Å². The lowest BCUT2D eigenvalue weighted by Crippen LogP contribution is -2.21. The van der Waals surface area contributed by atoms with E-state index < -0.39 is 0 Å². The first-order valence-corrected chi connectivity index (χ1v) is 2.71. The van der Waals surface area contributed by atoms with Crippen LogP contribution < -0.4 is 5.32 Å². The molecule has 0 unspecified atom stereocenters. The fourth-order valence-electron chi connectivity index (χ4n) is 0.802. The quantitative estimate of drug-likeness (QED) is 0.486. The van der Waals surface area contributed by atoms with Gasteiger partial charge in [0, 0.05) is 0 Å². The van der Waals surface area contributed by atoms with Crippen LogP contribution in [0.4, 0.5) is 0 Å². The van der Waals surface area contributed by atoms with Gasteiger partial charge in [-0.1, -0.05) is 13.8 Å². The summed E-state index contributed by atoms with van der Waals surface area (Å²) in [6.07, 6.45) is 4.22. The van der Waals surface area contributed by atoms with Crippen molar-refractivity contribution in [2.75, 3.05) is 13.1 Å². The lowest BCUT2D eigenvalue weighted by atomic mass is 10.2. The summed E-state index contributed by atoms with van der Waals surface area (Å²) in [6.45, 7) is 2.50. The molecule has 1 aliphatic rings. The highest BCUT2D eigenvalue weighted by Gasteiger charge is 1.93. The summed E-state index contributed by atoms with van der Waals surface area (Å²) in [7, 11) is 0. The Balaban J connectivity index is 0.000000360. The molecule has 0 aromatic carbocycles. The topological polar surface area (TPSA) is 12.0 Å². The van der Waals surface area contributed by atoms with Gasteiger partial charge < -0.3 is 5.32 Å². The maximum atomic E-state index is 3.28. The summed E-state index contributed by atoms with van der Waals surface area (Å²) in [5.41, 5.74) is 0. The van der Waals surface area contributed by atoms with Crippen LogP contribution in [0.5, 0.6) is 0 Å². The van der Waals surface area contributed by atoms with E-state index in [1.165, 1.54) is 32.4 Å². The van der Waals surface area contributed by atoms with Crippen LogP contribution in [0.2, 0.25) is 0 Å². The summed E-state index contributed by atoms with van der Waals surface area (Å²) >= 11 is 0. The van der Waals surface area contributed by atoms with Gasteiger partial charge >= 0.3 is 0 Å². The second kappa shape index (κ2) is 4.13. The van der Waals surface area contributed by atoms with Crippen molar-refractivity contribution in [3.05, 3.63) is 0 Å². The second-order valence-corrected chi connectivity index (χ2v) is 1.81. The molecule has 1 fully saturated rings. The van der Waals surface area contributed by atoms with Crippen LogP contribution in [0.15, 0.2) is 0 Å². The Labute approximate surface area is 46.1 Å². The van der Waals surface area contributed by atoms with E-state index in [0.29, 0.717) is 0 Å². The summed E-state index contributed by atoms with van der Waals surface area (Å²) in [4.78, 5) is 0. The Hall–Kier alpha value is -0.0400. The third-order valence-corrected chi connectivity index (χ3v) is 1.21. The average molecular weight is 101 g/mol. The van der Waals surface area contributed by atoms with Gasteiger partial charge in [-0.15, -0.1) is 0 Å². The molecule has 0 aromatic heterocycles. The maximum Gasteiger partial charge on any atom is -0.00489 e. The number of nitrogens with one attached hydrogen (secondary N) is 1. The number of hydrogen-bond donors (Lipinski definition) is 1. The summed E-state index contributed by atoms with van der Waals surface area (Å²) in [5, 5.41) is 3.28. The smallest absolute Gasteiger partial charge is 0.00489 e. The summed E-state index contributed by atoms with van der Waals surface area (Å²) in [5.74, 6) is 0. The van der Waals surface area contributed by atoms with Gasteiger partial charge in [-0.25, -0.2) is 0 Å². The molecule has 1 rings (SSSR count). The molecule has 7 heavy (non-hydrogen) atoms. The Bertz CT molecular complexity index is 19.7. The van der Waals surface area contributed by atoms with Crippen molar-refractivity contribution < 1.29 is 0 Å². The number of rotatable bonds is 0. The fourth-order valence-corrected chi connectivity index (χ4v) is 0.802. The Morgan fingerprint density at radius 1 is 0.857 bits per heavy atom. The van der Waals surface area contributed by atoms with E-state index in [2.05, 4.69) is 5.32 Å². The maximum absolute atomic E-state index is 3.28. The molecule has 0 atom stereocenters. The van der Waals surface area contributed by atoms with Gasteiger partial charge in [0.25, 0.3) is 0 Å². The van der Waals surface area contributed by atoms with Crippen molar-refractivity contribution in [2.24, 2.45) is 0 Å². The zero-order valence-corrected chi connectivity index (χ0v) is 4.04. The molecule has 44 valence electrons. The zero-order chi connectivity index (χ0) is 4.24. The number of hydrogen-bond acceptors (Lipinski definition) is 1. The summed E-state index contributed by atoms with van der Waals surface area (Å²) < 4.78 is 0. The zero-order valence-electron chi connectivity index (χ0n) is 4.04. The van der Waals surface area contributed by atoms with Gasteiger partial charge in [0.2, 0.25) is 0 Å². The molecule has 0 aliphatic carbocycles. The van der Waals surface area contributed by atoms with Gasteiger partial charge in [-0.3, -0.25) is 0 Å². The molecule has 0 amide bonds. The molecule has 0 radical (unpaired) electrons. The second-order valence-electron chi connectivity index (χ2n) is 1.81. The van der Waals surface area contributed by atoms with E-state index in [1.54, 1.807) is 0 Å². The van der Waals surface area contributed by atoms with Crippen molar-refractivity contribution in [3.63, 3.8) is 0 Å². The lowest BCUT2D eigenvalue weighted by Gasteiger charge is -2.08. The van der Waals surface area contributed by atoms with Crippen molar-refractivity contribution in [1.82, 2.24) is 5.32 Å². The van der Waals surface area contributed by atoms with Crippen molar-refractivity contribution in [2.45, 2.75) is 26.7 Å². The van der Waals surface area contributed by atoms with E-state index in [-0.39, 0.29) is 7.43 Å². The SMILES string of the molecule is C.C1CCNCC1. The van der Waals surface area contributed by atoms with E-state index >= 15 is 0 Å². The van der Waals surface area contributed by atoms with E-state index in [1.807, 2.05) is 0 Å². The van der Waals surface area contributed by atoms with Crippen molar-refractivity contribution in [3.8, 4) is 0 Å². The number of piperidine rings is 1. The van der Waals surface area contributed by atoms with Gasteiger partial charge in [0.15, 0.2) is 0 Å². The highest BCUT2D eigenvalue weighted by molar-refractivity contribution is 4.55. The van der Waals surface area contributed by atoms with Crippen LogP contribution in [-0.2, 0) is 0 Å². The first-order chi connectivity index (χ1) is 3.00. The van der Waals surface area contributed by atoms with Gasteiger partial charge in [0.05, 0.1) is 0 Å². The molecule has 0 saturated carbocycles. The van der Waals surface area contributed by atoms with Gasteiger partial charge in [0.1, 0.15) is 0 Å². The molecular weight excluding hydrogens is 86.1 g/mol. The molecule has 0 bridgehead atoms. The lowest BCUT2D eigenvalue weighted by molar-refractivity contribution is 0.520. The molecule has 0 spiro atoms. The molecule has 1 N–H and O–H groups in total. The highest BCUT2D eigenvalue weighted by atomic mass is 14.9. The third kappa shape index (κ3) is 2.63. The van der Waals surface area contributed by atoms with E-state index in [9.17, 15) is 0 Å². The Morgan fingerprint density at radius 2 is 1.43 bits per heavy atom. The molecule has 1 heteroatoms. The Kier molecular flexibility index (Phi) is 4.10. The molecule has 1 aliphatic heterocycles. The van der Waals surface area contributed by atoms with E-state index in [0.717, 1.165) is 0 Å². The minimum absolute atomic E-state index is 0. The van der Waals surface area contributed by atoms with E-state index in [4.69, 9.17) is 0 Å². The highest BCUT2D eigenvalue weighted by Crippen LogP contribution is 1.96. The van der Waals surface area contributed by atoms with Crippen molar-refractivity contribution in [1.29, 1.82) is 0 Å². The minimum Gasteiger partial charge on any atom is -0.317 e. The normalized spacial score (nSPS) is 20.6. The third-order valence-electron chi connectivity index (χ3n) is 1.21. The molecule has 0 aromatic rings. The minimum atomic E-state index is 0. The molecule has 1 nitrogen and oxygen atoms in total. The monoisotopic (exact) mass is 101 g/mol. The Morgan fingerprint density at radius 3 is 1.57 bits per heavy atom. The van der Waals surface area contributed by atoms with Crippen LogP contribution in [0.3, 0.4) is 0 Å². The summed E-state index contributed by atoms with van der Waals surface area (Å²) in [6, 6.07) is 0. The van der Waals surface area contributed by atoms with Crippen LogP contribution >= 0.6 is 0 Å². The van der Waals surface area contributed by atoms with Crippen LogP contribution in [0.1, 0.15) is 26.7 Å². The first-order valence-electron chi connectivity index (χ1n) is 2.71. The molecule has 1 saturated heterocycles. The largest absolute Gasteiger partial charge is 0.317 e. The first kappa shape index (κ1) is 6.96. The predicted molar refractivity (Wildman–Crippen MR) is 33.5 cm³/mol. The van der Waals surface area contributed by atoms with Crippen LogP contribution in [-0.4, -0.2) is 13.1 Å². The van der Waals surface area contributed by atoms with Crippen LogP contribution in [0, 0.1) is 0 Å². The van der Waals surface area contributed by atoms with Gasteiger partial charge in [-0.05, 0) is 25.9 Å². The fraction of sp³-hybridized carbons (Fsp3) is 1.00.